The van der Waals surface area contributed by atoms with Crippen molar-refractivity contribution >= 4 is 23.8 Å². The van der Waals surface area contributed by atoms with Gasteiger partial charge in [-0.15, -0.1) is 0 Å². The number of carbonyl (C=O) groups is 2. The standard InChI is InChI=1S/C15H26N2O3S/c1-21-12-7-6-11(8-12)17-15(20)16-9-10-4-2-3-5-13(10)14(18)19/h10-13H,2-9H2,1H3,(H,18,19)(H2,16,17,20). The van der Waals surface area contributed by atoms with E-state index in [-0.39, 0.29) is 23.9 Å². The molecule has 4 unspecified atom stereocenters. The Balaban J connectivity index is 1.71. The molecule has 0 aromatic heterocycles. The maximum absolute atomic E-state index is 11.9. The molecule has 21 heavy (non-hydrogen) atoms. The fraction of sp³-hybridized carbons (Fsp3) is 0.867. The van der Waals surface area contributed by atoms with Crippen molar-refractivity contribution in [3.63, 3.8) is 0 Å². The Bertz CT molecular complexity index is 378. The summed E-state index contributed by atoms with van der Waals surface area (Å²) >= 11 is 1.87. The minimum atomic E-state index is -0.722. The van der Waals surface area contributed by atoms with Crippen LogP contribution in [0.5, 0.6) is 0 Å². The Morgan fingerprint density at radius 2 is 1.95 bits per heavy atom. The number of carbonyl (C=O) groups excluding carboxylic acids is 1. The lowest BCUT2D eigenvalue weighted by Gasteiger charge is -2.28. The van der Waals surface area contributed by atoms with Gasteiger partial charge in [0.2, 0.25) is 0 Å². The summed E-state index contributed by atoms with van der Waals surface area (Å²) in [5.41, 5.74) is 0. The highest BCUT2D eigenvalue weighted by atomic mass is 32.2. The fourth-order valence-electron chi connectivity index (χ4n) is 3.52. The van der Waals surface area contributed by atoms with E-state index in [4.69, 9.17) is 0 Å². The van der Waals surface area contributed by atoms with Crippen molar-refractivity contribution in [1.82, 2.24) is 10.6 Å². The third kappa shape index (κ3) is 4.80. The van der Waals surface area contributed by atoms with E-state index in [1.54, 1.807) is 0 Å². The van der Waals surface area contributed by atoms with Gasteiger partial charge in [0.05, 0.1) is 5.92 Å². The first kappa shape index (κ1) is 16.5. The van der Waals surface area contributed by atoms with E-state index in [2.05, 4.69) is 16.9 Å². The van der Waals surface area contributed by atoms with E-state index in [0.717, 1.165) is 44.9 Å². The predicted octanol–water partition coefficient (Wildman–Crippen LogP) is 2.46. The van der Waals surface area contributed by atoms with Crippen LogP contribution in [0.3, 0.4) is 0 Å². The summed E-state index contributed by atoms with van der Waals surface area (Å²) in [5.74, 6) is -0.948. The van der Waals surface area contributed by atoms with Gasteiger partial charge in [-0.1, -0.05) is 12.8 Å². The van der Waals surface area contributed by atoms with Crippen molar-refractivity contribution in [3.8, 4) is 0 Å². The molecular formula is C15H26N2O3S. The van der Waals surface area contributed by atoms with Crippen LogP contribution in [-0.4, -0.2) is 41.2 Å². The monoisotopic (exact) mass is 314 g/mol. The Kier molecular flexibility index (Phi) is 6.21. The SMILES string of the molecule is CSC1CCC(NC(=O)NCC2CCCCC2C(=O)O)C1. The van der Waals surface area contributed by atoms with E-state index in [0.29, 0.717) is 11.8 Å². The first-order chi connectivity index (χ1) is 10.1. The third-order valence-electron chi connectivity index (χ3n) is 4.80. The molecule has 0 heterocycles. The van der Waals surface area contributed by atoms with Gasteiger partial charge >= 0.3 is 12.0 Å². The molecule has 0 aromatic carbocycles. The molecule has 3 N–H and O–H groups in total. The smallest absolute Gasteiger partial charge is 0.315 e. The van der Waals surface area contributed by atoms with Crippen molar-refractivity contribution in [1.29, 1.82) is 0 Å². The summed E-state index contributed by atoms with van der Waals surface area (Å²) < 4.78 is 0. The molecule has 6 heteroatoms. The number of carboxylic acid groups (broad SMARTS) is 1. The summed E-state index contributed by atoms with van der Waals surface area (Å²) in [5, 5.41) is 15.8. The van der Waals surface area contributed by atoms with E-state index in [1.165, 1.54) is 0 Å². The van der Waals surface area contributed by atoms with Gasteiger partial charge in [-0.2, -0.15) is 11.8 Å². The molecule has 120 valence electrons. The molecule has 0 radical (unpaired) electrons. The number of hydrogen-bond donors (Lipinski definition) is 3. The second-order valence-electron chi connectivity index (χ2n) is 6.21. The fourth-order valence-corrected chi connectivity index (χ4v) is 4.32. The zero-order valence-electron chi connectivity index (χ0n) is 12.6. The van der Waals surface area contributed by atoms with Gasteiger partial charge in [-0.05, 0) is 44.3 Å². The van der Waals surface area contributed by atoms with E-state index in [9.17, 15) is 14.7 Å². The van der Waals surface area contributed by atoms with Crippen LogP contribution in [0, 0.1) is 11.8 Å². The molecule has 2 aliphatic rings. The summed E-state index contributed by atoms with van der Waals surface area (Å²) in [6.45, 7) is 0.474. The lowest BCUT2D eigenvalue weighted by molar-refractivity contribution is -0.144. The maximum Gasteiger partial charge on any atom is 0.315 e. The Hall–Kier alpha value is -0.910. The van der Waals surface area contributed by atoms with Crippen molar-refractivity contribution < 1.29 is 14.7 Å². The van der Waals surface area contributed by atoms with Crippen LogP contribution in [0.25, 0.3) is 0 Å². The number of amides is 2. The van der Waals surface area contributed by atoms with E-state index < -0.39 is 5.97 Å². The molecule has 0 saturated heterocycles. The Morgan fingerprint density at radius 3 is 2.62 bits per heavy atom. The first-order valence-corrected chi connectivity index (χ1v) is 9.19. The molecule has 0 spiro atoms. The zero-order chi connectivity index (χ0) is 15.2. The van der Waals surface area contributed by atoms with Gasteiger partial charge in [0.25, 0.3) is 0 Å². The van der Waals surface area contributed by atoms with Gasteiger partial charge in [0, 0.05) is 17.8 Å². The summed E-state index contributed by atoms with van der Waals surface area (Å²) in [6.07, 6.45) is 9.04. The van der Waals surface area contributed by atoms with Crippen LogP contribution in [0.2, 0.25) is 0 Å². The van der Waals surface area contributed by atoms with Gasteiger partial charge in [0.1, 0.15) is 0 Å². The topological polar surface area (TPSA) is 78.4 Å². The number of rotatable bonds is 5. The number of carboxylic acids is 1. The average Bonchev–Trinajstić information content (AvgIpc) is 2.93. The van der Waals surface area contributed by atoms with Crippen molar-refractivity contribution in [3.05, 3.63) is 0 Å². The van der Waals surface area contributed by atoms with Gasteiger partial charge < -0.3 is 15.7 Å². The molecule has 2 saturated carbocycles. The molecule has 2 aliphatic carbocycles. The Labute approximate surface area is 130 Å². The van der Waals surface area contributed by atoms with Crippen LogP contribution >= 0.6 is 11.8 Å². The van der Waals surface area contributed by atoms with Crippen LogP contribution in [0.15, 0.2) is 0 Å². The number of thioether (sulfide) groups is 1. The summed E-state index contributed by atoms with van der Waals surface area (Å²) in [6, 6.07) is 0.126. The van der Waals surface area contributed by atoms with Crippen LogP contribution < -0.4 is 10.6 Å². The highest BCUT2D eigenvalue weighted by molar-refractivity contribution is 7.99. The van der Waals surface area contributed by atoms with Crippen molar-refractivity contribution in [2.24, 2.45) is 11.8 Å². The quantitative estimate of drug-likeness (QED) is 0.728. The van der Waals surface area contributed by atoms with E-state index in [1.807, 2.05) is 11.8 Å². The first-order valence-electron chi connectivity index (χ1n) is 7.90. The lowest BCUT2D eigenvalue weighted by atomic mass is 9.79. The predicted molar refractivity (Wildman–Crippen MR) is 84.6 cm³/mol. The van der Waals surface area contributed by atoms with Gasteiger partial charge in [0.15, 0.2) is 0 Å². The highest BCUT2D eigenvalue weighted by Gasteiger charge is 2.31. The molecule has 5 nitrogen and oxygen atoms in total. The van der Waals surface area contributed by atoms with Gasteiger partial charge in [-0.3, -0.25) is 4.79 Å². The molecule has 0 aliphatic heterocycles. The summed E-state index contributed by atoms with van der Waals surface area (Å²) in [4.78, 5) is 23.2. The van der Waals surface area contributed by atoms with Crippen LogP contribution in [-0.2, 0) is 4.79 Å². The second kappa shape index (κ2) is 7.92. The highest BCUT2D eigenvalue weighted by Crippen LogP contribution is 2.30. The number of urea groups is 1. The minimum absolute atomic E-state index is 0.0736. The largest absolute Gasteiger partial charge is 0.481 e. The van der Waals surface area contributed by atoms with Gasteiger partial charge in [-0.25, -0.2) is 4.79 Å². The Morgan fingerprint density at radius 1 is 1.19 bits per heavy atom. The normalized spacial score (nSPS) is 32.6. The molecular weight excluding hydrogens is 288 g/mol. The maximum atomic E-state index is 11.9. The second-order valence-corrected chi connectivity index (χ2v) is 7.35. The average molecular weight is 314 g/mol. The molecule has 0 bridgehead atoms. The molecule has 2 rings (SSSR count). The van der Waals surface area contributed by atoms with Crippen molar-refractivity contribution in [2.75, 3.05) is 12.8 Å². The lowest BCUT2D eigenvalue weighted by Crippen LogP contribution is -2.44. The molecule has 0 aromatic rings. The number of aliphatic carboxylic acids is 1. The van der Waals surface area contributed by atoms with Crippen molar-refractivity contribution in [2.45, 2.75) is 56.2 Å². The third-order valence-corrected chi connectivity index (χ3v) is 5.90. The summed E-state index contributed by atoms with van der Waals surface area (Å²) in [7, 11) is 0. The van der Waals surface area contributed by atoms with E-state index >= 15 is 0 Å². The minimum Gasteiger partial charge on any atom is -0.481 e. The molecule has 2 fully saturated rings. The number of hydrogen-bond acceptors (Lipinski definition) is 3. The van der Waals surface area contributed by atoms with Crippen LogP contribution in [0.1, 0.15) is 44.9 Å². The zero-order valence-corrected chi connectivity index (χ0v) is 13.5. The number of nitrogens with one attached hydrogen (secondary N) is 2. The molecule has 4 atom stereocenters. The molecule has 2 amide bonds. The van der Waals surface area contributed by atoms with Crippen LogP contribution in [0.4, 0.5) is 4.79 Å².